The monoisotopic (exact) mass is 486 g/mol. The number of hydrogen-bond donors (Lipinski definition) is 3. The van der Waals surface area contributed by atoms with E-state index in [-0.39, 0.29) is 5.91 Å². The van der Waals surface area contributed by atoms with Gasteiger partial charge in [-0.1, -0.05) is 17.7 Å². The van der Waals surface area contributed by atoms with Crippen molar-refractivity contribution in [2.24, 2.45) is 0 Å². The number of amides is 2. The molecule has 0 bridgehead atoms. The third kappa shape index (κ3) is 5.18. The topological polar surface area (TPSA) is 108 Å². The van der Waals surface area contributed by atoms with Crippen molar-refractivity contribution in [2.75, 3.05) is 31.3 Å². The molecule has 3 N–H and O–H groups in total. The number of anilines is 4. The molecule has 9 nitrogen and oxygen atoms in total. The van der Waals surface area contributed by atoms with E-state index < -0.39 is 6.09 Å². The predicted molar refractivity (Wildman–Crippen MR) is 129 cm³/mol. The van der Waals surface area contributed by atoms with Crippen molar-refractivity contribution < 1.29 is 14.3 Å². The highest BCUT2D eigenvalue weighted by Gasteiger charge is 2.19. The lowest BCUT2D eigenvalue weighted by molar-refractivity contribution is -0.128. The molecule has 1 aromatic carbocycles. The number of rotatable bonds is 5. The van der Waals surface area contributed by atoms with Crippen LogP contribution in [0.3, 0.4) is 0 Å². The molecule has 0 unspecified atom stereocenters. The molecule has 3 aromatic rings. The molecule has 172 valence electrons. The Kier molecular flexibility index (Phi) is 6.66. The number of likely N-dealkylation sites (N-methyl/N-ethyl adjacent to an activating group) is 1. The quantitative estimate of drug-likeness (QED) is 0.494. The maximum atomic E-state index is 12.2. The van der Waals surface area contributed by atoms with Crippen molar-refractivity contribution in [3.63, 3.8) is 0 Å². The van der Waals surface area contributed by atoms with Gasteiger partial charge in [0.25, 0.3) is 0 Å². The number of nitrogens with one attached hydrogen (secondary N) is 3. The number of thiophene rings is 1. The van der Waals surface area contributed by atoms with Gasteiger partial charge in [0, 0.05) is 26.3 Å². The average Bonchev–Trinajstić information content (AvgIpc) is 3.06. The first kappa shape index (κ1) is 22.8. The van der Waals surface area contributed by atoms with Gasteiger partial charge in [-0.05, 0) is 47.5 Å². The standard InChI is InChI=1S/C22H23ClN6O3S/c1-12-11-33-20(32-22(31)24-2)18(12)27-19-16(23)10-25-21(28-19)26-15-5-4-13-6-7-29(3)17(30)9-14(13)8-15/h4-5,8,10-11H,6-7,9H2,1-3H3,(H,24,31)(H2,25,26,27,28). The lowest BCUT2D eigenvalue weighted by Crippen LogP contribution is -2.27. The van der Waals surface area contributed by atoms with E-state index in [1.54, 1.807) is 4.90 Å². The third-order valence-corrected chi connectivity index (χ3v) is 6.51. The first-order valence-electron chi connectivity index (χ1n) is 10.2. The van der Waals surface area contributed by atoms with Gasteiger partial charge in [0.15, 0.2) is 5.82 Å². The van der Waals surface area contributed by atoms with Crippen LogP contribution in [0.5, 0.6) is 5.06 Å². The minimum Gasteiger partial charge on any atom is -0.397 e. The van der Waals surface area contributed by atoms with Crippen molar-refractivity contribution in [3.05, 3.63) is 51.5 Å². The predicted octanol–water partition coefficient (Wildman–Crippen LogP) is 4.26. The van der Waals surface area contributed by atoms with Crippen molar-refractivity contribution in [1.82, 2.24) is 20.2 Å². The summed E-state index contributed by atoms with van der Waals surface area (Å²) in [6, 6.07) is 5.92. The second-order valence-electron chi connectivity index (χ2n) is 7.59. The molecule has 0 radical (unpaired) electrons. The largest absolute Gasteiger partial charge is 0.413 e. The van der Waals surface area contributed by atoms with Crippen molar-refractivity contribution >= 4 is 58.1 Å². The second-order valence-corrected chi connectivity index (χ2v) is 8.84. The van der Waals surface area contributed by atoms with Gasteiger partial charge in [-0.25, -0.2) is 9.78 Å². The molecule has 3 heterocycles. The van der Waals surface area contributed by atoms with Gasteiger partial charge in [-0.3, -0.25) is 4.79 Å². The first-order chi connectivity index (χ1) is 15.8. The number of halogens is 1. The molecule has 0 saturated heterocycles. The molecule has 1 aliphatic rings. The zero-order valence-corrected chi connectivity index (χ0v) is 19.9. The van der Waals surface area contributed by atoms with E-state index in [9.17, 15) is 9.59 Å². The van der Waals surface area contributed by atoms with Gasteiger partial charge < -0.3 is 25.6 Å². The third-order valence-electron chi connectivity index (χ3n) is 5.26. The van der Waals surface area contributed by atoms with E-state index in [0.29, 0.717) is 40.5 Å². The molecule has 1 aliphatic heterocycles. The molecule has 0 aliphatic carbocycles. The van der Waals surface area contributed by atoms with Gasteiger partial charge in [-0.15, -0.1) is 11.3 Å². The van der Waals surface area contributed by atoms with Crippen LogP contribution in [0.4, 0.5) is 27.9 Å². The fourth-order valence-corrected chi connectivity index (χ4v) is 4.36. The van der Waals surface area contributed by atoms with Gasteiger partial charge in [0.05, 0.1) is 18.3 Å². The van der Waals surface area contributed by atoms with Gasteiger partial charge in [0.1, 0.15) is 5.02 Å². The van der Waals surface area contributed by atoms with Gasteiger partial charge >= 0.3 is 6.09 Å². The fraction of sp³-hybridized carbons (Fsp3) is 0.273. The molecule has 11 heteroatoms. The minimum atomic E-state index is -0.566. The van der Waals surface area contributed by atoms with Crippen LogP contribution in [0, 0.1) is 6.92 Å². The molecule has 33 heavy (non-hydrogen) atoms. The molecule has 2 amide bonds. The van der Waals surface area contributed by atoms with E-state index >= 15 is 0 Å². The molecule has 0 saturated carbocycles. The molecular formula is C22H23ClN6O3S. The molecule has 0 atom stereocenters. The zero-order chi connectivity index (χ0) is 23.5. The van der Waals surface area contributed by atoms with E-state index in [2.05, 4.69) is 25.9 Å². The normalized spacial score (nSPS) is 13.2. The van der Waals surface area contributed by atoms with Gasteiger partial charge in [-0.2, -0.15) is 4.98 Å². The van der Waals surface area contributed by atoms with E-state index in [0.717, 1.165) is 28.8 Å². The number of benzene rings is 1. The summed E-state index contributed by atoms with van der Waals surface area (Å²) >= 11 is 7.61. The highest BCUT2D eigenvalue weighted by Crippen LogP contribution is 2.38. The minimum absolute atomic E-state index is 0.0982. The number of aryl methyl sites for hydroxylation is 1. The molecule has 0 spiro atoms. The van der Waals surface area contributed by atoms with Crippen LogP contribution >= 0.6 is 22.9 Å². The maximum Gasteiger partial charge on any atom is 0.413 e. The molecule has 2 aromatic heterocycles. The zero-order valence-electron chi connectivity index (χ0n) is 18.4. The summed E-state index contributed by atoms with van der Waals surface area (Å²) in [5.74, 6) is 0.797. The van der Waals surface area contributed by atoms with Crippen LogP contribution in [0.25, 0.3) is 0 Å². The number of hydrogen-bond acceptors (Lipinski definition) is 8. The van der Waals surface area contributed by atoms with Crippen LogP contribution in [0.1, 0.15) is 16.7 Å². The Morgan fingerprint density at radius 3 is 2.88 bits per heavy atom. The summed E-state index contributed by atoms with van der Waals surface area (Å²) in [5.41, 5.74) is 4.40. The van der Waals surface area contributed by atoms with E-state index in [1.807, 2.05) is 37.6 Å². The van der Waals surface area contributed by atoms with Crippen LogP contribution in [0.15, 0.2) is 29.8 Å². The highest BCUT2D eigenvalue weighted by molar-refractivity contribution is 7.12. The van der Waals surface area contributed by atoms with E-state index in [1.165, 1.54) is 24.6 Å². The summed E-state index contributed by atoms with van der Waals surface area (Å²) in [6.45, 7) is 2.60. The SMILES string of the molecule is CNC(=O)Oc1scc(C)c1Nc1nc(Nc2ccc3c(c2)CC(=O)N(C)CC3)ncc1Cl. The lowest BCUT2D eigenvalue weighted by atomic mass is 10.0. The highest BCUT2D eigenvalue weighted by atomic mass is 35.5. The fourth-order valence-electron chi connectivity index (χ4n) is 3.37. The lowest BCUT2D eigenvalue weighted by Gasteiger charge is -2.13. The maximum absolute atomic E-state index is 12.2. The Labute approximate surface area is 200 Å². The number of carbonyl (C=O) groups is 2. The van der Waals surface area contributed by atoms with Gasteiger partial charge in [0.2, 0.25) is 16.9 Å². The summed E-state index contributed by atoms with van der Waals surface area (Å²) in [6.07, 6.45) is 2.11. The smallest absolute Gasteiger partial charge is 0.397 e. The Hall–Kier alpha value is -3.37. The van der Waals surface area contributed by atoms with Crippen LogP contribution < -0.4 is 20.7 Å². The van der Waals surface area contributed by atoms with Crippen LogP contribution in [-0.4, -0.2) is 47.5 Å². The average molecular weight is 487 g/mol. The number of fused-ring (bicyclic) bond motifs is 1. The number of carbonyl (C=O) groups excluding carboxylic acids is 2. The number of nitrogens with zero attached hydrogens (tertiary/aromatic N) is 3. The van der Waals surface area contributed by atoms with Crippen LogP contribution in [-0.2, 0) is 17.6 Å². The molecular weight excluding hydrogens is 464 g/mol. The van der Waals surface area contributed by atoms with E-state index in [4.69, 9.17) is 16.3 Å². The Morgan fingerprint density at radius 2 is 2.09 bits per heavy atom. The van der Waals surface area contributed by atoms with Crippen LogP contribution in [0.2, 0.25) is 5.02 Å². The molecule has 4 rings (SSSR count). The second kappa shape index (κ2) is 9.63. The Balaban J connectivity index is 1.56. The number of ether oxygens (including phenoxy) is 1. The summed E-state index contributed by atoms with van der Waals surface area (Å²) in [5, 5.41) is 11.3. The van der Waals surface area contributed by atoms with Crippen molar-refractivity contribution in [2.45, 2.75) is 19.8 Å². The molecule has 0 fully saturated rings. The summed E-state index contributed by atoms with van der Waals surface area (Å²) in [7, 11) is 3.32. The van der Waals surface area contributed by atoms with Crippen molar-refractivity contribution in [3.8, 4) is 5.06 Å². The first-order valence-corrected chi connectivity index (χ1v) is 11.5. The van der Waals surface area contributed by atoms with Crippen molar-refractivity contribution in [1.29, 1.82) is 0 Å². The summed E-state index contributed by atoms with van der Waals surface area (Å²) in [4.78, 5) is 34.4. The number of aromatic nitrogens is 2. The Bertz CT molecular complexity index is 1210. The Morgan fingerprint density at radius 1 is 1.27 bits per heavy atom. The summed E-state index contributed by atoms with van der Waals surface area (Å²) < 4.78 is 5.31.